The molecule has 0 amide bonds. The van der Waals surface area contributed by atoms with Gasteiger partial charge < -0.3 is 19.7 Å². The van der Waals surface area contributed by atoms with Crippen molar-refractivity contribution in [2.75, 3.05) is 13.2 Å². The van der Waals surface area contributed by atoms with Crippen molar-refractivity contribution in [2.45, 2.75) is 52.4 Å². The Hall–Kier alpha value is -2.08. The molecule has 0 heterocycles. The van der Waals surface area contributed by atoms with Crippen molar-refractivity contribution < 1.29 is 29.3 Å². The smallest absolute Gasteiger partial charge is 0.314 e. The Morgan fingerprint density at radius 2 is 1.50 bits per heavy atom. The lowest BCUT2D eigenvalue weighted by Crippen LogP contribution is -2.20. The maximum absolute atomic E-state index is 12.1. The molecule has 0 aromatic heterocycles. The van der Waals surface area contributed by atoms with Crippen LogP contribution < -0.4 is 9.47 Å². The fourth-order valence-corrected chi connectivity index (χ4v) is 2.32. The highest BCUT2D eigenvalue weighted by Crippen LogP contribution is 2.20. The molecule has 0 saturated carbocycles. The molecule has 2 unspecified atom stereocenters. The number of carbonyl (C=O) groups excluding carboxylic acids is 1. The van der Waals surface area contributed by atoms with Crippen LogP contribution in [0.5, 0.6) is 11.5 Å². The molecule has 6 nitrogen and oxygen atoms in total. The van der Waals surface area contributed by atoms with Gasteiger partial charge in [0.2, 0.25) is 0 Å². The Morgan fingerprint density at radius 1 is 0.923 bits per heavy atom. The molecular weight excluding hydrogens is 336 g/mol. The van der Waals surface area contributed by atoms with Gasteiger partial charge in [-0.3, -0.25) is 9.59 Å². The van der Waals surface area contributed by atoms with E-state index in [1.165, 1.54) is 0 Å². The lowest BCUT2D eigenvalue weighted by molar-refractivity contribution is -0.143. The molecule has 0 radical (unpaired) electrons. The molecule has 1 aromatic rings. The highest BCUT2D eigenvalue weighted by Gasteiger charge is 2.19. The second-order valence-electron chi connectivity index (χ2n) is 6.60. The van der Waals surface area contributed by atoms with E-state index in [0.717, 1.165) is 31.4 Å². The van der Waals surface area contributed by atoms with Gasteiger partial charge in [-0.1, -0.05) is 20.3 Å². The summed E-state index contributed by atoms with van der Waals surface area (Å²) in [7, 11) is 0. The zero-order chi connectivity index (χ0) is 19.4. The van der Waals surface area contributed by atoms with Crippen molar-refractivity contribution in [3.8, 4) is 11.5 Å². The van der Waals surface area contributed by atoms with E-state index >= 15 is 0 Å². The summed E-state index contributed by atoms with van der Waals surface area (Å²) in [5, 5.41) is 17.6. The van der Waals surface area contributed by atoms with Gasteiger partial charge in [-0.25, -0.2) is 0 Å². The quantitative estimate of drug-likeness (QED) is 0.314. The molecule has 0 saturated heterocycles. The molecule has 0 spiro atoms. The lowest BCUT2D eigenvalue weighted by atomic mass is 9.98. The molecule has 26 heavy (non-hydrogen) atoms. The van der Waals surface area contributed by atoms with E-state index in [1.807, 2.05) is 0 Å². The van der Waals surface area contributed by atoms with Crippen molar-refractivity contribution in [1.29, 1.82) is 0 Å². The van der Waals surface area contributed by atoms with Gasteiger partial charge in [0.15, 0.2) is 0 Å². The highest BCUT2D eigenvalue weighted by atomic mass is 16.5. The number of esters is 1. The fourth-order valence-electron chi connectivity index (χ4n) is 2.32. The number of aliphatic carboxylic acids is 1. The molecule has 2 N–H and O–H groups in total. The maximum Gasteiger partial charge on any atom is 0.314 e. The second-order valence-corrected chi connectivity index (χ2v) is 6.60. The summed E-state index contributed by atoms with van der Waals surface area (Å²) < 4.78 is 11.0. The minimum Gasteiger partial charge on any atom is -0.494 e. The number of carboxylic acids is 1. The van der Waals surface area contributed by atoms with E-state index < -0.39 is 11.9 Å². The number of unbranched alkanes of at least 4 members (excludes halogenated alkanes) is 3. The van der Waals surface area contributed by atoms with Crippen LogP contribution in [0.25, 0.3) is 0 Å². The number of carboxylic acid groups (broad SMARTS) is 1. The molecule has 1 aromatic carbocycles. The van der Waals surface area contributed by atoms with Gasteiger partial charge in [-0.15, -0.1) is 0 Å². The minimum atomic E-state index is -0.852. The van der Waals surface area contributed by atoms with Gasteiger partial charge in [0.1, 0.15) is 11.5 Å². The van der Waals surface area contributed by atoms with E-state index in [0.29, 0.717) is 25.2 Å². The maximum atomic E-state index is 12.1. The summed E-state index contributed by atoms with van der Waals surface area (Å²) in [5.41, 5.74) is 0. The SMILES string of the molecule is CC(CCC(C)C(=O)Oc1ccc(OCCCCCCO)cc1)C(=O)O. The van der Waals surface area contributed by atoms with Gasteiger partial charge in [0.25, 0.3) is 0 Å². The number of benzene rings is 1. The van der Waals surface area contributed by atoms with Gasteiger partial charge in [0.05, 0.1) is 18.4 Å². The third kappa shape index (κ3) is 8.85. The molecule has 0 aliphatic carbocycles. The average Bonchev–Trinajstić information content (AvgIpc) is 2.63. The predicted octanol–water partition coefficient (Wildman–Crippen LogP) is 3.66. The van der Waals surface area contributed by atoms with Crippen molar-refractivity contribution in [2.24, 2.45) is 11.8 Å². The highest BCUT2D eigenvalue weighted by molar-refractivity contribution is 5.75. The fraction of sp³-hybridized carbons (Fsp3) is 0.600. The Bertz CT molecular complexity index is 540. The largest absolute Gasteiger partial charge is 0.494 e. The number of aliphatic hydroxyl groups is 1. The van der Waals surface area contributed by atoms with E-state index in [4.69, 9.17) is 19.7 Å². The first-order valence-corrected chi connectivity index (χ1v) is 9.22. The third-order valence-electron chi connectivity index (χ3n) is 4.22. The predicted molar refractivity (Wildman–Crippen MR) is 98.3 cm³/mol. The van der Waals surface area contributed by atoms with Crippen LogP contribution in [0.2, 0.25) is 0 Å². The Balaban J connectivity index is 2.32. The van der Waals surface area contributed by atoms with Crippen LogP contribution >= 0.6 is 0 Å². The standard InChI is InChI=1S/C20H30O6/c1-15(19(22)23)7-8-16(2)20(24)26-18-11-9-17(10-12-18)25-14-6-4-3-5-13-21/h9-12,15-16,21H,3-8,13-14H2,1-2H3,(H,22,23). The van der Waals surface area contributed by atoms with Gasteiger partial charge in [-0.2, -0.15) is 0 Å². The second kappa shape index (κ2) is 12.3. The number of carbonyl (C=O) groups is 2. The van der Waals surface area contributed by atoms with Crippen LogP contribution in [-0.2, 0) is 9.59 Å². The van der Waals surface area contributed by atoms with Crippen LogP contribution in [0, 0.1) is 11.8 Å². The van der Waals surface area contributed by atoms with Crippen LogP contribution in [-0.4, -0.2) is 35.4 Å². The molecule has 0 bridgehead atoms. The summed E-state index contributed by atoms with van der Waals surface area (Å²) in [4.78, 5) is 22.9. The van der Waals surface area contributed by atoms with Crippen molar-refractivity contribution in [3.63, 3.8) is 0 Å². The zero-order valence-electron chi connectivity index (χ0n) is 15.6. The van der Waals surface area contributed by atoms with Crippen LogP contribution in [0.1, 0.15) is 52.4 Å². The first-order chi connectivity index (χ1) is 12.4. The summed E-state index contributed by atoms with van der Waals surface area (Å²) in [6.45, 7) is 4.22. The Morgan fingerprint density at radius 3 is 2.12 bits per heavy atom. The lowest BCUT2D eigenvalue weighted by Gasteiger charge is -2.13. The normalized spacial score (nSPS) is 13.0. The van der Waals surface area contributed by atoms with E-state index in [-0.39, 0.29) is 18.5 Å². The number of aliphatic hydroxyl groups excluding tert-OH is 1. The van der Waals surface area contributed by atoms with Crippen molar-refractivity contribution in [1.82, 2.24) is 0 Å². The number of rotatable bonds is 13. The molecule has 0 aliphatic rings. The summed E-state index contributed by atoms with van der Waals surface area (Å²) in [6, 6.07) is 6.89. The molecule has 146 valence electrons. The Labute approximate surface area is 155 Å². The molecule has 0 fully saturated rings. The van der Waals surface area contributed by atoms with Gasteiger partial charge >= 0.3 is 11.9 Å². The number of hydrogen-bond acceptors (Lipinski definition) is 5. The summed E-state index contributed by atoms with van der Waals surface area (Å²) in [5.74, 6) is -0.870. The topological polar surface area (TPSA) is 93.1 Å². The molecule has 6 heteroatoms. The van der Waals surface area contributed by atoms with Gasteiger partial charge in [-0.05, 0) is 56.4 Å². The monoisotopic (exact) mass is 366 g/mol. The first-order valence-electron chi connectivity index (χ1n) is 9.22. The first kappa shape index (κ1) is 22.0. The molecule has 0 aliphatic heterocycles. The molecular formula is C20H30O6. The van der Waals surface area contributed by atoms with E-state index in [9.17, 15) is 9.59 Å². The zero-order valence-corrected chi connectivity index (χ0v) is 15.6. The Kier molecular flexibility index (Phi) is 10.4. The van der Waals surface area contributed by atoms with Crippen molar-refractivity contribution in [3.05, 3.63) is 24.3 Å². The van der Waals surface area contributed by atoms with Crippen molar-refractivity contribution >= 4 is 11.9 Å². The third-order valence-corrected chi connectivity index (χ3v) is 4.22. The summed E-state index contributed by atoms with van der Waals surface area (Å²) >= 11 is 0. The van der Waals surface area contributed by atoms with Crippen LogP contribution in [0.3, 0.4) is 0 Å². The molecule has 2 atom stereocenters. The van der Waals surface area contributed by atoms with Crippen LogP contribution in [0.15, 0.2) is 24.3 Å². The molecule has 1 rings (SSSR count). The number of ether oxygens (including phenoxy) is 2. The van der Waals surface area contributed by atoms with Gasteiger partial charge in [0, 0.05) is 6.61 Å². The van der Waals surface area contributed by atoms with E-state index in [1.54, 1.807) is 38.1 Å². The van der Waals surface area contributed by atoms with E-state index in [2.05, 4.69) is 0 Å². The average molecular weight is 366 g/mol. The summed E-state index contributed by atoms with van der Waals surface area (Å²) in [6.07, 6.45) is 4.70. The minimum absolute atomic E-state index is 0.234. The number of hydrogen-bond donors (Lipinski definition) is 2. The van der Waals surface area contributed by atoms with Crippen LogP contribution in [0.4, 0.5) is 0 Å².